The van der Waals surface area contributed by atoms with Crippen LogP contribution in [0.2, 0.25) is 0 Å². The molecule has 3 aliphatic heterocycles. The molecule has 0 spiro atoms. The molecule has 0 amide bonds. The maximum absolute atomic E-state index is 13.4. The number of methoxy groups -OCH3 is 5. The summed E-state index contributed by atoms with van der Waals surface area (Å²) in [5.41, 5.74) is 0.692. The molecule has 0 aromatic heterocycles. The third kappa shape index (κ3) is 11.2. The fourth-order valence-electron chi connectivity index (χ4n) is 7.14. The first kappa shape index (κ1) is 51.1. The molecular formula is C41H54O24. The van der Waals surface area contributed by atoms with E-state index in [1.807, 2.05) is 0 Å². The zero-order valence-electron chi connectivity index (χ0n) is 35.6. The van der Waals surface area contributed by atoms with Gasteiger partial charge in [0.15, 0.2) is 41.7 Å². The van der Waals surface area contributed by atoms with Gasteiger partial charge >= 0.3 is 11.9 Å². The van der Waals surface area contributed by atoms with Gasteiger partial charge in [-0.2, -0.15) is 0 Å². The predicted octanol–water partition coefficient (Wildman–Crippen LogP) is -3.29. The predicted molar refractivity (Wildman–Crippen MR) is 214 cm³/mol. The number of benzene rings is 2. The van der Waals surface area contributed by atoms with Crippen LogP contribution in [0.25, 0.3) is 12.2 Å². The highest BCUT2D eigenvalue weighted by atomic mass is 16.8. The van der Waals surface area contributed by atoms with Gasteiger partial charge < -0.3 is 108 Å². The lowest BCUT2D eigenvalue weighted by Crippen LogP contribution is -2.66. The number of hydrogen-bond acceptors (Lipinski definition) is 24. The highest BCUT2D eigenvalue weighted by Gasteiger charge is 2.61. The molecule has 2 aromatic rings. The minimum Gasteiger partial charge on any atom is -0.502 e. The molecule has 10 N–H and O–H groups in total. The number of hydrogen-bond donors (Lipinski definition) is 10. The van der Waals surface area contributed by atoms with Crippen molar-refractivity contribution in [2.75, 3.05) is 62.0 Å². The van der Waals surface area contributed by atoms with E-state index in [1.54, 1.807) is 0 Å². The molecule has 2 aromatic carbocycles. The average Bonchev–Trinajstić information content (AvgIpc) is 3.57. The number of phenolic OH excluding ortho intramolecular Hbond substituents is 1. The minimum absolute atomic E-state index is 0.0328. The quantitative estimate of drug-likeness (QED) is 0.0487. The van der Waals surface area contributed by atoms with Crippen molar-refractivity contribution in [1.29, 1.82) is 0 Å². The van der Waals surface area contributed by atoms with Crippen molar-refractivity contribution in [2.24, 2.45) is 0 Å². The Hall–Kier alpha value is -4.90. The SMILES string of the molecule is COc1cc(/C=C\C(=O)OC[C@H]2O[C@H](O[C@]3(CO)O[C@H](CO)[C@@H](O)[C@@H]3OC(=O)/C=C/c3cc(OC)c(OC)c(OC)c3)[C@H](O[C@@H]3O[C@H](CO)[C@@H](O)[C@H](O)[C@H]3O)[C@@H](O)[C@@H]2O)cc(OC)c1O. The van der Waals surface area contributed by atoms with Crippen molar-refractivity contribution < 1.29 is 117 Å². The summed E-state index contributed by atoms with van der Waals surface area (Å²) >= 11 is 0. The van der Waals surface area contributed by atoms with E-state index >= 15 is 0 Å². The number of aromatic hydroxyl groups is 1. The summed E-state index contributed by atoms with van der Waals surface area (Å²) < 4.78 is 65.9. The molecular weight excluding hydrogens is 876 g/mol. The summed E-state index contributed by atoms with van der Waals surface area (Å²) in [6.45, 7) is -3.88. The summed E-state index contributed by atoms with van der Waals surface area (Å²) in [6.07, 6.45) is -20.4. The Morgan fingerprint density at radius 2 is 1.15 bits per heavy atom. The number of phenols is 1. The average molecular weight is 931 g/mol. The van der Waals surface area contributed by atoms with Crippen molar-refractivity contribution in [1.82, 2.24) is 0 Å². The van der Waals surface area contributed by atoms with Crippen LogP contribution in [0.15, 0.2) is 36.4 Å². The lowest BCUT2D eigenvalue weighted by molar-refractivity contribution is -0.408. The smallest absolute Gasteiger partial charge is 0.331 e. The Morgan fingerprint density at radius 1 is 0.631 bits per heavy atom. The van der Waals surface area contributed by atoms with Crippen LogP contribution in [-0.2, 0) is 42.7 Å². The van der Waals surface area contributed by atoms with Gasteiger partial charge in [0.25, 0.3) is 0 Å². The number of aliphatic hydroxyl groups is 9. The fourth-order valence-corrected chi connectivity index (χ4v) is 7.14. The highest BCUT2D eigenvalue weighted by Crippen LogP contribution is 2.41. The Bertz CT molecular complexity index is 1920. The first-order valence-corrected chi connectivity index (χ1v) is 19.7. The van der Waals surface area contributed by atoms with Gasteiger partial charge in [0.1, 0.15) is 74.3 Å². The first-order chi connectivity index (χ1) is 31.0. The lowest BCUT2D eigenvalue weighted by atomic mass is 9.97. The molecule has 65 heavy (non-hydrogen) atoms. The second-order valence-electron chi connectivity index (χ2n) is 14.6. The summed E-state index contributed by atoms with van der Waals surface area (Å²) in [5, 5.41) is 106. The molecule has 3 saturated heterocycles. The monoisotopic (exact) mass is 930 g/mol. The number of carbonyl (C=O) groups is 2. The van der Waals surface area contributed by atoms with Crippen LogP contribution in [-0.4, -0.2) is 210 Å². The largest absolute Gasteiger partial charge is 0.502 e. The standard InChI is InChI=1S/C41H54O24/c1-54-20-10-18(11-21(55-2)29(20)47)6-8-27(45)59-16-26-31(49)34(52)37(63-39-35(53)33(51)30(48)24(14-42)60-39)40(61-26)65-41(17-44)38(32(50)25(15-43)64-41)62-28(46)9-7-19-12-22(56-3)36(58-5)23(13-19)57-4/h6-13,24-26,30-35,37-40,42-44,47-53H,14-17H2,1-5H3/b8-6-,9-7+/t24-,25-,26-,30-,31-,32-,33+,34+,35-,37-,38+,39+,40-,41+/m1/s1. The second kappa shape index (κ2) is 22.5. The summed E-state index contributed by atoms with van der Waals surface area (Å²) in [4.78, 5) is 26.2. The highest BCUT2D eigenvalue weighted by molar-refractivity contribution is 5.88. The molecule has 3 fully saturated rings. The van der Waals surface area contributed by atoms with Gasteiger partial charge in [-0.25, -0.2) is 9.59 Å². The molecule has 0 bridgehead atoms. The van der Waals surface area contributed by atoms with Gasteiger partial charge in [0, 0.05) is 12.2 Å². The van der Waals surface area contributed by atoms with E-state index in [0.29, 0.717) is 11.1 Å². The summed E-state index contributed by atoms with van der Waals surface area (Å²) in [5.74, 6) is -4.30. The van der Waals surface area contributed by atoms with Gasteiger partial charge in [-0.1, -0.05) is 0 Å². The molecule has 24 nitrogen and oxygen atoms in total. The molecule has 0 unspecified atom stereocenters. The topological polar surface area (TPSA) is 347 Å². The molecule has 0 saturated carbocycles. The van der Waals surface area contributed by atoms with Crippen LogP contribution in [0.3, 0.4) is 0 Å². The zero-order valence-corrected chi connectivity index (χ0v) is 35.6. The Balaban J connectivity index is 1.43. The first-order valence-electron chi connectivity index (χ1n) is 19.7. The van der Waals surface area contributed by atoms with Crippen molar-refractivity contribution >= 4 is 24.1 Å². The van der Waals surface area contributed by atoms with Crippen LogP contribution >= 0.6 is 0 Å². The molecule has 362 valence electrons. The van der Waals surface area contributed by atoms with Crippen molar-refractivity contribution in [3.05, 3.63) is 47.5 Å². The molecule has 0 aliphatic carbocycles. The second-order valence-corrected chi connectivity index (χ2v) is 14.6. The molecule has 3 heterocycles. The van der Waals surface area contributed by atoms with Crippen LogP contribution in [0.4, 0.5) is 0 Å². The van der Waals surface area contributed by atoms with Crippen LogP contribution < -0.4 is 23.7 Å². The van der Waals surface area contributed by atoms with Crippen molar-refractivity contribution in [3.8, 4) is 34.5 Å². The Morgan fingerprint density at radius 3 is 1.68 bits per heavy atom. The van der Waals surface area contributed by atoms with E-state index in [2.05, 4.69) is 0 Å². The zero-order chi connectivity index (χ0) is 47.7. The van der Waals surface area contributed by atoms with Crippen molar-refractivity contribution in [3.63, 3.8) is 0 Å². The summed E-state index contributed by atoms with van der Waals surface area (Å²) in [7, 11) is 6.76. The van der Waals surface area contributed by atoms with Gasteiger partial charge in [-0.05, 0) is 47.5 Å². The minimum atomic E-state index is -2.68. The number of carbonyl (C=O) groups excluding carboxylic acids is 2. The van der Waals surface area contributed by atoms with Crippen molar-refractivity contribution in [2.45, 2.75) is 85.5 Å². The van der Waals surface area contributed by atoms with Crippen LogP contribution in [0.5, 0.6) is 34.5 Å². The molecule has 3 aliphatic rings. The van der Waals surface area contributed by atoms with E-state index in [1.165, 1.54) is 72.0 Å². The van der Waals surface area contributed by atoms with Gasteiger partial charge in [-0.15, -0.1) is 0 Å². The van der Waals surface area contributed by atoms with E-state index in [4.69, 9.17) is 56.8 Å². The fraction of sp³-hybridized carbons (Fsp3) is 0.561. The van der Waals surface area contributed by atoms with E-state index in [-0.39, 0.29) is 34.5 Å². The van der Waals surface area contributed by atoms with E-state index in [0.717, 1.165) is 12.2 Å². The molecule has 5 rings (SSSR count). The third-order valence-electron chi connectivity index (χ3n) is 10.6. The third-order valence-corrected chi connectivity index (χ3v) is 10.6. The van der Waals surface area contributed by atoms with Gasteiger partial charge in [0.05, 0.1) is 48.8 Å². The van der Waals surface area contributed by atoms with E-state index < -0.39 is 124 Å². The number of rotatable bonds is 19. The Labute approximate surface area is 370 Å². The van der Waals surface area contributed by atoms with Gasteiger partial charge in [0.2, 0.25) is 17.3 Å². The lowest BCUT2D eigenvalue weighted by Gasteiger charge is -2.47. The van der Waals surface area contributed by atoms with Gasteiger partial charge in [-0.3, -0.25) is 0 Å². The van der Waals surface area contributed by atoms with E-state index in [9.17, 15) is 60.7 Å². The maximum atomic E-state index is 13.4. The molecule has 14 atom stereocenters. The maximum Gasteiger partial charge on any atom is 0.331 e. The number of aliphatic hydroxyl groups excluding tert-OH is 9. The van der Waals surface area contributed by atoms with Crippen LogP contribution in [0, 0.1) is 0 Å². The Kier molecular flexibility index (Phi) is 17.7. The number of esters is 2. The number of ether oxygens (including phenoxy) is 12. The molecule has 24 heteroatoms. The summed E-state index contributed by atoms with van der Waals surface area (Å²) in [6, 6.07) is 5.79. The van der Waals surface area contributed by atoms with Crippen LogP contribution in [0.1, 0.15) is 11.1 Å². The normalized spacial score (nSPS) is 32.6. The molecule has 0 radical (unpaired) electrons.